The van der Waals surface area contributed by atoms with Crippen LogP contribution < -0.4 is 0 Å². The van der Waals surface area contributed by atoms with Crippen molar-refractivity contribution in [2.75, 3.05) is 13.1 Å². The van der Waals surface area contributed by atoms with Gasteiger partial charge in [0.15, 0.2) is 5.15 Å². The molecule has 2 aliphatic rings. The van der Waals surface area contributed by atoms with Crippen LogP contribution in [0.5, 0.6) is 0 Å². The van der Waals surface area contributed by atoms with Crippen molar-refractivity contribution in [1.29, 1.82) is 0 Å². The smallest absolute Gasteiger partial charge is 0.167 e. The van der Waals surface area contributed by atoms with Gasteiger partial charge < -0.3 is 0 Å². The Hall–Kier alpha value is 0.1000. The third-order valence-corrected chi connectivity index (χ3v) is 4.31. The van der Waals surface area contributed by atoms with Crippen molar-refractivity contribution in [3.63, 3.8) is 0 Å². The number of fused-ring (bicyclic) bond motifs is 2. The maximum atomic E-state index is 6.02. The highest BCUT2D eigenvalue weighted by Crippen LogP contribution is 2.40. The van der Waals surface area contributed by atoms with E-state index < -0.39 is 0 Å². The molecule has 1 aromatic heterocycles. The van der Waals surface area contributed by atoms with E-state index in [0.717, 1.165) is 11.6 Å². The molecule has 2 saturated heterocycles. The molecule has 2 fully saturated rings. The van der Waals surface area contributed by atoms with Crippen LogP contribution in [0.1, 0.15) is 31.0 Å². The normalized spacial score (nSPS) is 33.8. The van der Waals surface area contributed by atoms with Crippen LogP contribution in [-0.4, -0.2) is 26.7 Å². The second-order valence-electron chi connectivity index (χ2n) is 4.18. The molecule has 0 aromatic carbocycles. The Kier molecular flexibility index (Phi) is 3.50. The number of hydrogen-bond donors (Lipinski definition) is 0. The Balaban J connectivity index is 0.000000853. The Morgan fingerprint density at radius 2 is 2.13 bits per heavy atom. The van der Waals surface area contributed by atoms with E-state index in [2.05, 4.69) is 13.6 Å². The number of aromatic nitrogens is 2. The molecule has 15 heavy (non-hydrogen) atoms. The Morgan fingerprint density at radius 3 is 2.87 bits per heavy atom. The van der Waals surface area contributed by atoms with Gasteiger partial charge >= 0.3 is 0 Å². The van der Waals surface area contributed by atoms with Gasteiger partial charge in [0.25, 0.3) is 0 Å². The average Bonchev–Trinajstić information content (AvgIpc) is 2.76. The molecule has 0 N–H and O–H groups in total. The zero-order chi connectivity index (χ0) is 9.54. The highest BCUT2D eigenvalue weighted by atomic mass is 35.5. The molecular weight excluding hydrogens is 253 g/mol. The van der Waals surface area contributed by atoms with Gasteiger partial charge in [0.2, 0.25) is 0 Å². The van der Waals surface area contributed by atoms with Crippen molar-refractivity contribution in [2.45, 2.75) is 25.3 Å². The number of halogens is 2. The van der Waals surface area contributed by atoms with Gasteiger partial charge in [-0.1, -0.05) is 11.6 Å². The van der Waals surface area contributed by atoms with Crippen molar-refractivity contribution in [2.24, 2.45) is 5.92 Å². The van der Waals surface area contributed by atoms with Gasteiger partial charge in [-0.15, -0.1) is 12.4 Å². The summed E-state index contributed by atoms with van der Waals surface area (Å²) in [5.41, 5.74) is 1.01. The summed E-state index contributed by atoms with van der Waals surface area (Å²) in [6.07, 6.45) is 3.89. The summed E-state index contributed by atoms with van der Waals surface area (Å²) in [6, 6.07) is 0.444. The van der Waals surface area contributed by atoms with Gasteiger partial charge in [0.05, 0.1) is 17.8 Å². The quantitative estimate of drug-likeness (QED) is 0.782. The Labute approximate surface area is 105 Å². The molecule has 3 atom stereocenters. The summed E-state index contributed by atoms with van der Waals surface area (Å²) in [5, 5.41) is 0.616. The molecule has 0 amide bonds. The van der Waals surface area contributed by atoms with Crippen molar-refractivity contribution >= 4 is 35.7 Å². The largest absolute Gasteiger partial charge is 0.294 e. The van der Waals surface area contributed by atoms with Crippen LogP contribution in [0.3, 0.4) is 0 Å². The van der Waals surface area contributed by atoms with Crippen molar-refractivity contribution < 1.29 is 0 Å². The number of rotatable bonds is 1. The summed E-state index contributed by atoms with van der Waals surface area (Å²) in [6.45, 7) is 2.45. The first-order valence-corrected chi connectivity index (χ1v) is 6.17. The second-order valence-corrected chi connectivity index (χ2v) is 5.07. The van der Waals surface area contributed by atoms with Gasteiger partial charge in [-0.2, -0.15) is 8.75 Å². The van der Waals surface area contributed by atoms with E-state index in [1.54, 1.807) is 0 Å². The molecule has 84 valence electrons. The van der Waals surface area contributed by atoms with Crippen molar-refractivity contribution in [1.82, 2.24) is 13.6 Å². The van der Waals surface area contributed by atoms with Gasteiger partial charge in [-0.3, -0.25) is 4.90 Å². The summed E-state index contributed by atoms with van der Waals surface area (Å²) in [7, 11) is 0. The average molecular weight is 266 g/mol. The third-order valence-electron chi connectivity index (χ3n) is 3.39. The zero-order valence-electron chi connectivity index (χ0n) is 8.23. The second kappa shape index (κ2) is 4.53. The Morgan fingerprint density at radius 1 is 1.27 bits per heavy atom. The van der Waals surface area contributed by atoms with E-state index in [0.29, 0.717) is 11.2 Å². The fourth-order valence-electron chi connectivity index (χ4n) is 2.65. The molecule has 3 nitrogen and oxygen atoms in total. The topological polar surface area (TPSA) is 29.0 Å². The third kappa shape index (κ3) is 2.00. The molecule has 0 saturated carbocycles. The highest BCUT2D eigenvalue weighted by molar-refractivity contribution is 6.99. The Bertz CT molecular complexity index is 344. The van der Waals surface area contributed by atoms with E-state index in [9.17, 15) is 0 Å². The van der Waals surface area contributed by atoms with Crippen LogP contribution in [-0.2, 0) is 0 Å². The number of hydrogen-bond acceptors (Lipinski definition) is 4. The zero-order valence-corrected chi connectivity index (χ0v) is 10.6. The summed E-state index contributed by atoms with van der Waals surface area (Å²) >= 11 is 7.25. The van der Waals surface area contributed by atoms with E-state index in [-0.39, 0.29) is 12.4 Å². The summed E-state index contributed by atoms with van der Waals surface area (Å²) in [5.74, 6) is 0.927. The standard InChI is InChI=1S/C9H12ClN3S.ClH/c10-9-8(11-14-12-9)7-2-1-6-3-4-13(7)5-6;/h6-7H,1-5H2;1H. The molecule has 0 spiro atoms. The maximum Gasteiger partial charge on any atom is 0.167 e. The van der Waals surface area contributed by atoms with Gasteiger partial charge in [-0.25, -0.2) is 0 Å². The summed E-state index contributed by atoms with van der Waals surface area (Å²) < 4.78 is 8.36. The molecule has 0 radical (unpaired) electrons. The van der Waals surface area contributed by atoms with Crippen LogP contribution in [0.15, 0.2) is 0 Å². The predicted octanol–water partition coefficient (Wildman–Crippen LogP) is 2.77. The minimum atomic E-state index is 0. The lowest BCUT2D eigenvalue weighted by atomic mass is 9.95. The van der Waals surface area contributed by atoms with Crippen molar-refractivity contribution in [3.05, 3.63) is 10.8 Å². The fourth-order valence-corrected chi connectivity index (χ4v) is 3.46. The van der Waals surface area contributed by atoms with E-state index >= 15 is 0 Å². The number of nitrogens with zero attached hydrogens (tertiary/aromatic N) is 3. The minimum Gasteiger partial charge on any atom is -0.294 e. The SMILES string of the molecule is Cl.Clc1nsnc1C1CCC2CCN1C2. The first-order valence-electron chi connectivity index (χ1n) is 5.06. The highest BCUT2D eigenvalue weighted by Gasteiger charge is 2.36. The minimum absolute atomic E-state index is 0. The van der Waals surface area contributed by atoms with E-state index in [1.807, 2.05) is 0 Å². The fraction of sp³-hybridized carbons (Fsp3) is 0.778. The van der Waals surface area contributed by atoms with Gasteiger partial charge in [-0.05, 0) is 31.7 Å². The first-order chi connectivity index (χ1) is 6.84. The van der Waals surface area contributed by atoms with Gasteiger partial charge in [0.1, 0.15) is 5.69 Å². The molecule has 2 aliphatic heterocycles. The molecule has 3 heterocycles. The molecule has 3 rings (SSSR count). The monoisotopic (exact) mass is 265 g/mol. The lowest BCUT2D eigenvalue weighted by molar-refractivity contribution is 0.180. The van der Waals surface area contributed by atoms with Crippen LogP contribution in [0, 0.1) is 5.92 Å². The van der Waals surface area contributed by atoms with E-state index in [1.165, 1.54) is 44.1 Å². The predicted molar refractivity (Wildman–Crippen MR) is 63.8 cm³/mol. The number of piperidine rings is 1. The molecule has 3 unspecified atom stereocenters. The first kappa shape index (κ1) is 11.6. The van der Waals surface area contributed by atoms with Crippen LogP contribution in [0.4, 0.5) is 0 Å². The lowest BCUT2D eigenvalue weighted by Gasteiger charge is -2.30. The van der Waals surface area contributed by atoms with E-state index in [4.69, 9.17) is 11.6 Å². The molecular formula is C9H13Cl2N3S. The van der Waals surface area contributed by atoms with Crippen LogP contribution in [0.2, 0.25) is 5.15 Å². The molecule has 0 aliphatic carbocycles. The van der Waals surface area contributed by atoms with Crippen LogP contribution in [0.25, 0.3) is 0 Å². The lowest BCUT2D eigenvalue weighted by Crippen LogP contribution is -2.30. The van der Waals surface area contributed by atoms with Crippen LogP contribution >= 0.6 is 35.7 Å². The molecule has 2 bridgehead atoms. The van der Waals surface area contributed by atoms with Crippen molar-refractivity contribution in [3.8, 4) is 0 Å². The molecule has 1 aromatic rings. The maximum absolute atomic E-state index is 6.02. The summed E-state index contributed by atoms with van der Waals surface area (Å²) in [4.78, 5) is 2.51. The van der Waals surface area contributed by atoms with Gasteiger partial charge in [0, 0.05) is 6.54 Å². The molecule has 6 heteroatoms.